The molecule has 1 rings (SSSR count). The Balaban J connectivity index is 2.85. The Bertz CT molecular complexity index is 564. The van der Waals surface area contributed by atoms with Crippen molar-refractivity contribution < 1.29 is 14.3 Å². The summed E-state index contributed by atoms with van der Waals surface area (Å²) >= 11 is 0. The molecule has 5 nitrogen and oxygen atoms in total. The Morgan fingerprint density at radius 2 is 1.74 bits per heavy atom. The van der Waals surface area contributed by atoms with E-state index in [0.717, 1.165) is 11.3 Å². The minimum absolute atomic E-state index is 0.138. The third-order valence-corrected chi connectivity index (χ3v) is 3.92. The van der Waals surface area contributed by atoms with Crippen molar-refractivity contribution >= 4 is 11.8 Å². The largest absolute Gasteiger partial charge is 0.496 e. The fourth-order valence-corrected chi connectivity index (χ4v) is 2.19. The molecule has 2 atom stereocenters. The predicted molar refractivity (Wildman–Crippen MR) is 91.2 cm³/mol. The average molecular weight is 320 g/mol. The smallest absolute Gasteiger partial charge is 0.245 e. The molecule has 0 aromatic heterocycles. The quantitative estimate of drug-likeness (QED) is 0.907. The second-order valence-corrected chi connectivity index (χ2v) is 6.81. The number of benzene rings is 1. The fourth-order valence-electron chi connectivity index (χ4n) is 2.19. The highest BCUT2D eigenvalue weighted by atomic mass is 16.5. The molecule has 2 unspecified atom stereocenters. The molecule has 0 aliphatic rings. The van der Waals surface area contributed by atoms with Crippen LogP contribution in [0.15, 0.2) is 24.3 Å². The highest BCUT2D eigenvalue weighted by Crippen LogP contribution is 2.28. The molecule has 0 heterocycles. The van der Waals surface area contributed by atoms with Crippen LogP contribution < -0.4 is 10.1 Å². The maximum atomic E-state index is 12.6. The van der Waals surface area contributed by atoms with Crippen LogP contribution in [0.1, 0.15) is 46.2 Å². The number of hydrogen-bond donors (Lipinski definition) is 1. The van der Waals surface area contributed by atoms with Gasteiger partial charge in [-0.2, -0.15) is 0 Å². The molecular formula is C18H28N2O3. The number of methoxy groups -OCH3 is 1. The normalized spacial score (nSPS) is 13.9. The molecule has 1 aromatic carbocycles. The van der Waals surface area contributed by atoms with Crippen LogP contribution in [0, 0.1) is 5.41 Å². The van der Waals surface area contributed by atoms with Crippen LogP contribution in [0.3, 0.4) is 0 Å². The number of amides is 2. The van der Waals surface area contributed by atoms with Gasteiger partial charge >= 0.3 is 0 Å². The zero-order chi connectivity index (χ0) is 17.8. The van der Waals surface area contributed by atoms with Crippen LogP contribution >= 0.6 is 0 Å². The van der Waals surface area contributed by atoms with Crippen LogP contribution in [0.5, 0.6) is 5.75 Å². The highest BCUT2D eigenvalue weighted by Gasteiger charge is 2.28. The number of hydrogen-bond acceptors (Lipinski definition) is 3. The minimum atomic E-state index is -0.580. The summed E-state index contributed by atoms with van der Waals surface area (Å²) in [7, 11) is 3.35. The van der Waals surface area contributed by atoms with Gasteiger partial charge in [0.1, 0.15) is 11.8 Å². The van der Waals surface area contributed by atoms with Crippen molar-refractivity contribution in [3.63, 3.8) is 0 Å². The van der Waals surface area contributed by atoms with Crippen molar-refractivity contribution in [2.24, 2.45) is 5.41 Å². The third-order valence-electron chi connectivity index (χ3n) is 3.92. The molecule has 1 N–H and O–H groups in total. The first-order chi connectivity index (χ1) is 10.6. The Morgan fingerprint density at radius 1 is 1.17 bits per heavy atom. The van der Waals surface area contributed by atoms with E-state index < -0.39 is 11.5 Å². The summed E-state index contributed by atoms with van der Waals surface area (Å²) in [6.45, 7) is 9.10. The summed E-state index contributed by atoms with van der Waals surface area (Å²) in [6, 6.07) is 6.87. The minimum Gasteiger partial charge on any atom is -0.496 e. The summed E-state index contributed by atoms with van der Waals surface area (Å²) in [5, 5.41) is 2.77. The maximum absolute atomic E-state index is 12.6. The third kappa shape index (κ3) is 4.71. The predicted octanol–water partition coefficient (Wildman–Crippen LogP) is 2.77. The monoisotopic (exact) mass is 320 g/mol. The molecule has 23 heavy (non-hydrogen) atoms. The molecule has 5 heteroatoms. The second kappa shape index (κ2) is 7.49. The van der Waals surface area contributed by atoms with Gasteiger partial charge in [-0.05, 0) is 19.9 Å². The maximum Gasteiger partial charge on any atom is 0.245 e. The summed E-state index contributed by atoms with van der Waals surface area (Å²) in [4.78, 5) is 26.3. The fraction of sp³-hybridized carbons (Fsp3) is 0.556. The van der Waals surface area contributed by atoms with E-state index in [2.05, 4.69) is 5.32 Å². The standard InChI is InChI=1S/C18H28N2O3/c1-12(19-17(22)18(3,4)5)16(21)20(6)13(2)14-10-8-9-11-15(14)23-7/h8-13H,1-7H3,(H,19,22). The molecule has 0 spiro atoms. The first-order valence-corrected chi connectivity index (χ1v) is 7.80. The lowest BCUT2D eigenvalue weighted by Crippen LogP contribution is -2.49. The zero-order valence-corrected chi connectivity index (χ0v) is 15.1. The van der Waals surface area contributed by atoms with Gasteiger partial charge in [0, 0.05) is 18.0 Å². The van der Waals surface area contributed by atoms with Crippen LogP contribution in [-0.2, 0) is 9.59 Å². The van der Waals surface area contributed by atoms with Gasteiger partial charge < -0.3 is 15.0 Å². The molecular weight excluding hydrogens is 292 g/mol. The van der Waals surface area contributed by atoms with Crippen LogP contribution in [0.2, 0.25) is 0 Å². The van der Waals surface area contributed by atoms with E-state index in [-0.39, 0.29) is 17.9 Å². The number of likely N-dealkylation sites (N-methyl/N-ethyl adjacent to an activating group) is 1. The molecule has 1 aromatic rings. The molecule has 0 aliphatic carbocycles. The molecule has 0 aliphatic heterocycles. The van der Waals surface area contributed by atoms with E-state index in [9.17, 15) is 9.59 Å². The number of para-hydroxylation sites is 1. The van der Waals surface area contributed by atoms with Crippen LogP contribution in [0.4, 0.5) is 0 Å². The van der Waals surface area contributed by atoms with Gasteiger partial charge in [0.15, 0.2) is 0 Å². The lowest BCUT2D eigenvalue weighted by atomic mass is 9.95. The van der Waals surface area contributed by atoms with E-state index >= 15 is 0 Å². The number of carbonyl (C=O) groups excluding carboxylic acids is 2. The van der Waals surface area contributed by atoms with Gasteiger partial charge in [-0.15, -0.1) is 0 Å². The summed E-state index contributed by atoms with van der Waals surface area (Å²) < 4.78 is 5.36. The molecule has 0 saturated carbocycles. The van der Waals surface area contributed by atoms with Gasteiger partial charge in [-0.25, -0.2) is 0 Å². The Kier molecular flexibility index (Phi) is 6.19. The van der Waals surface area contributed by atoms with Crippen LogP contribution in [0.25, 0.3) is 0 Å². The van der Waals surface area contributed by atoms with Crippen molar-refractivity contribution in [3.8, 4) is 5.75 Å². The van der Waals surface area contributed by atoms with Gasteiger partial charge in [0.25, 0.3) is 0 Å². The van der Waals surface area contributed by atoms with Gasteiger partial charge in [0.2, 0.25) is 11.8 Å². The number of rotatable bonds is 5. The molecule has 0 bridgehead atoms. The van der Waals surface area contributed by atoms with E-state index in [0.29, 0.717) is 0 Å². The van der Waals surface area contributed by atoms with Crippen molar-refractivity contribution in [1.29, 1.82) is 0 Å². The number of carbonyl (C=O) groups is 2. The van der Waals surface area contributed by atoms with E-state index in [1.807, 2.05) is 52.0 Å². The van der Waals surface area contributed by atoms with Gasteiger partial charge in [0.05, 0.1) is 13.2 Å². The molecule has 0 fully saturated rings. The lowest BCUT2D eigenvalue weighted by molar-refractivity contribution is -0.138. The van der Waals surface area contributed by atoms with Crippen molar-refractivity contribution in [3.05, 3.63) is 29.8 Å². The van der Waals surface area contributed by atoms with Crippen LogP contribution in [-0.4, -0.2) is 36.9 Å². The molecule has 2 amide bonds. The summed E-state index contributed by atoms with van der Waals surface area (Å²) in [6.07, 6.45) is 0. The first kappa shape index (κ1) is 19.0. The van der Waals surface area contributed by atoms with Crippen molar-refractivity contribution in [1.82, 2.24) is 10.2 Å². The lowest BCUT2D eigenvalue weighted by Gasteiger charge is -2.30. The number of nitrogens with one attached hydrogen (secondary N) is 1. The Labute approximate surface area is 139 Å². The second-order valence-electron chi connectivity index (χ2n) is 6.81. The van der Waals surface area contributed by atoms with Gasteiger partial charge in [-0.3, -0.25) is 9.59 Å². The first-order valence-electron chi connectivity index (χ1n) is 7.80. The van der Waals surface area contributed by atoms with Crippen molar-refractivity contribution in [2.75, 3.05) is 14.2 Å². The summed E-state index contributed by atoms with van der Waals surface area (Å²) in [5.74, 6) is 0.462. The Morgan fingerprint density at radius 3 is 2.26 bits per heavy atom. The van der Waals surface area contributed by atoms with E-state index in [1.54, 1.807) is 26.0 Å². The number of ether oxygens (including phenoxy) is 1. The molecule has 128 valence electrons. The Hall–Kier alpha value is -2.04. The van der Waals surface area contributed by atoms with E-state index in [1.165, 1.54) is 0 Å². The number of nitrogens with zero attached hydrogens (tertiary/aromatic N) is 1. The average Bonchev–Trinajstić information content (AvgIpc) is 2.51. The van der Waals surface area contributed by atoms with E-state index in [4.69, 9.17) is 4.74 Å². The SMILES string of the molecule is COc1ccccc1C(C)N(C)C(=O)C(C)NC(=O)C(C)(C)C. The molecule has 0 radical (unpaired) electrons. The molecule has 0 saturated heterocycles. The zero-order valence-electron chi connectivity index (χ0n) is 15.1. The highest BCUT2D eigenvalue weighted by molar-refractivity contribution is 5.89. The summed E-state index contributed by atoms with van der Waals surface area (Å²) in [5.41, 5.74) is 0.404. The van der Waals surface area contributed by atoms with Crippen molar-refractivity contribution in [2.45, 2.75) is 46.7 Å². The van der Waals surface area contributed by atoms with Gasteiger partial charge in [-0.1, -0.05) is 39.0 Å². The topological polar surface area (TPSA) is 58.6 Å².